The molecule has 2 amide bonds. The Labute approximate surface area is 173 Å². The molecule has 0 atom stereocenters. The first kappa shape index (κ1) is 19.0. The Kier molecular flexibility index (Phi) is 5.49. The van der Waals surface area contributed by atoms with Crippen molar-refractivity contribution >= 4 is 29.1 Å². The fraction of sp³-hybridized carbons (Fsp3) is 0.0833. The van der Waals surface area contributed by atoms with Crippen LogP contribution in [-0.2, 0) is 16.1 Å². The molecule has 29 heavy (non-hydrogen) atoms. The number of nitrogens with zero attached hydrogens (tertiary/aromatic N) is 1. The normalized spacial score (nSPS) is 13.9. The summed E-state index contributed by atoms with van der Waals surface area (Å²) in [5.74, 6) is -0.0215. The Balaban J connectivity index is 1.78. The lowest BCUT2D eigenvalue weighted by Crippen LogP contribution is -2.30. The van der Waals surface area contributed by atoms with Crippen LogP contribution < -0.4 is 4.74 Å². The Morgan fingerprint density at radius 3 is 2.10 bits per heavy atom. The Morgan fingerprint density at radius 2 is 1.41 bits per heavy atom. The lowest BCUT2D eigenvalue weighted by atomic mass is 10.0. The number of hydrogen-bond donors (Lipinski definition) is 0. The molecule has 144 valence electrons. The first-order chi connectivity index (χ1) is 14.2. The van der Waals surface area contributed by atoms with Crippen molar-refractivity contribution in [1.29, 1.82) is 0 Å². The minimum absolute atomic E-state index is 0.232. The zero-order valence-corrected chi connectivity index (χ0v) is 16.7. The van der Waals surface area contributed by atoms with Gasteiger partial charge in [-0.2, -0.15) is 0 Å². The van der Waals surface area contributed by atoms with Gasteiger partial charge in [-0.25, -0.2) is 0 Å². The first-order valence-corrected chi connectivity index (χ1v) is 10.0. The molecule has 0 saturated carbocycles. The standard InChI is InChI=1S/C24H19NO3S/c1-28-20-15-9-8-14-19(20)21-22(29-18-12-6-3-7-13-18)24(27)25(23(21)26)16-17-10-4-2-5-11-17/h2-15H,16H2,1H3. The van der Waals surface area contributed by atoms with Crippen LogP contribution in [0.15, 0.2) is 94.7 Å². The van der Waals surface area contributed by atoms with E-state index in [1.807, 2.05) is 78.9 Å². The molecule has 0 spiro atoms. The summed E-state index contributed by atoms with van der Waals surface area (Å²) in [7, 11) is 1.56. The largest absolute Gasteiger partial charge is 0.496 e. The Bertz CT molecular complexity index is 1080. The van der Waals surface area contributed by atoms with Crippen molar-refractivity contribution in [2.24, 2.45) is 0 Å². The molecule has 3 aromatic carbocycles. The second kappa shape index (κ2) is 8.37. The Morgan fingerprint density at radius 1 is 0.793 bits per heavy atom. The maximum atomic E-state index is 13.4. The van der Waals surface area contributed by atoms with Crippen LogP contribution in [0.1, 0.15) is 11.1 Å². The molecule has 1 heterocycles. The van der Waals surface area contributed by atoms with Crippen molar-refractivity contribution < 1.29 is 14.3 Å². The van der Waals surface area contributed by atoms with Crippen molar-refractivity contribution in [1.82, 2.24) is 4.90 Å². The summed E-state index contributed by atoms with van der Waals surface area (Å²) in [6, 6.07) is 26.4. The van der Waals surface area contributed by atoms with E-state index >= 15 is 0 Å². The predicted molar refractivity (Wildman–Crippen MR) is 114 cm³/mol. The van der Waals surface area contributed by atoms with E-state index in [9.17, 15) is 9.59 Å². The van der Waals surface area contributed by atoms with Crippen LogP contribution in [0.5, 0.6) is 5.75 Å². The van der Waals surface area contributed by atoms with E-state index in [1.54, 1.807) is 13.2 Å². The number of imide groups is 1. The maximum absolute atomic E-state index is 13.4. The molecule has 1 aliphatic rings. The van der Waals surface area contributed by atoms with E-state index in [0.29, 0.717) is 21.8 Å². The van der Waals surface area contributed by atoms with Gasteiger partial charge in [0.25, 0.3) is 11.8 Å². The topological polar surface area (TPSA) is 46.6 Å². The molecular formula is C24H19NO3S. The van der Waals surface area contributed by atoms with Crippen molar-refractivity contribution in [2.75, 3.05) is 7.11 Å². The quantitative estimate of drug-likeness (QED) is 0.559. The molecule has 0 unspecified atom stereocenters. The highest BCUT2D eigenvalue weighted by atomic mass is 32.2. The smallest absolute Gasteiger partial charge is 0.268 e. The molecule has 3 aromatic rings. The lowest BCUT2D eigenvalue weighted by Gasteiger charge is -2.15. The van der Waals surface area contributed by atoms with E-state index < -0.39 is 0 Å². The molecule has 0 radical (unpaired) electrons. The number of methoxy groups -OCH3 is 1. The van der Waals surface area contributed by atoms with Gasteiger partial charge in [0.05, 0.1) is 24.1 Å². The third kappa shape index (κ3) is 3.82. The minimum atomic E-state index is -0.304. The summed E-state index contributed by atoms with van der Waals surface area (Å²) < 4.78 is 5.47. The average Bonchev–Trinajstić information content (AvgIpc) is 2.99. The van der Waals surface area contributed by atoms with Gasteiger partial charge in [0.1, 0.15) is 5.75 Å². The van der Waals surface area contributed by atoms with Crippen LogP contribution in [0.25, 0.3) is 5.57 Å². The van der Waals surface area contributed by atoms with Gasteiger partial charge in [0.2, 0.25) is 0 Å². The number of ether oxygens (including phenoxy) is 1. The Hall–Kier alpha value is -3.31. The zero-order chi connectivity index (χ0) is 20.2. The van der Waals surface area contributed by atoms with Gasteiger partial charge in [-0.15, -0.1) is 0 Å². The van der Waals surface area contributed by atoms with Crippen molar-refractivity contribution in [2.45, 2.75) is 11.4 Å². The number of hydrogen-bond acceptors (Lipinski definition) is 4. The number of benzene rings is 3. The molecule has 0 N–H and O–H groups in total. The summed E-state index contributed by atoms with van der Waals surface area (Å²) in [6.07, 6.45) is 0. The van der Waals surface area contributed by atoms with Crippen molar-refractivity contribution in [3.63, 3.8) is 0 Å². The number of para-hydroxylation sites is 1. The van der Waals surface area contributed by atoms with Gasteiger partial charge >= 0.3 is 0 Å². The molecule has 4 rings (SSSR count). The summed E-state index contributed by atoms with van der Waals surface area (Å²) >= 11 is 1.31. The number of amides is 2. The van der Waals surface area contributed by atoms with Crippen LogP contribution in [0.3, 0.4) is 0 Å². The van der Waals surface area contributed by atoms with Crippen molar-refractivity contribution in [3.05, 3.63) is 101 Å². The number of rotatable bonds is 6. The van der Waals surface area contributed by atoms with Crippen LogP contribution in [0.4, 0.5) is 0 Å². The highest BCUT2D eigenvalue weighted by molar-refractivity contribution is 8.04. The molecule has 4 nitrogen and oxygen atoms in total. The third-order valence-electron chi connectivity index (χ3n) is 4.65. The van der Waals surface area contributed by atoms with Gasteiger partial charge < -0.3 is 4.74 Å². The third-order valence-corrected chi connectivity index (χ3v) is 5.74. The molecular weight excluding hydrogens is 382 g/mol. The monoisotopic (exact) mass is 401 g/mol. The first-order valence-electron chi connectivity index (χ1n) is 9.19. The molecule has 0 aromatic heterocycles. The molecule has 0 fully saturated rings. The fourth-order valence-electron chi connectivity index (χ4n) is 3.25. The number of carbonyl (C=O) groups excluding carboxylic acids is 2. The summed E-state index contributed by atoms with van der Waals surface area (Å²) in [6.45, 7) is 0.232. The van der Waals surface area contributed by atoms with Gasteiger partial charge in [0.15, 0.2) is 0 Å². The molecule has 0 saturated heterocycles. The van der Waals surface area contributed by atoms with Crippen LogP contribution in [0, 0.1) is 0 Å². The predicted octanol–water partition coefficient (Wildman–Crippen LogP) is 4.77. The van der Waals surface area contributed by atoms with Gasteiger partial charge in [-0.3, -0.25) is 14.5 Å². The second-order valence-electron chi connectivity index (χ2n) is 6.50. The highest BCUT2D eigenvalue weighted by Crippen LogP contribution is 2.42. The second-order valence-corrected chi connectivity index (χ2v) is 7.59. The van der Waals surface area contributed by atoms with E-state index in [-0.39, 0.29) is 18.4 Å². The van der Waals surface area contributed by atoms with E-state index in [2.05, 4.69) is 0 Å². The van der Waals surface area contributed by atoms with Crippen molar-refractivity contribution in [3.8, 4) is 5.75 Å². The van der Waals surface area contributed by atoms with Gasteiger partial charge in [-0.05, 0) is 23.8 Å². The molecule has 1 aliphatic heterocycles. The zero-order valence-electron chi connectivity index (χ0n) is 15.9. The van der Waals surface area contributed by atoms with Crippen LogP contribution >= 0.6 is 11.8 Å². The SMILES string of the molecule is COc1ccccc1C1=C(Sc2ccccc2)C(=O)N(Cc2ccccc2)C1=O. The van der Waals surface area contributed by atoms with Crippen LogP contribution in [-0.4, -0.2) is 23.8 Å². The average molecular weight is 401 g/mol. The molecule has 0 aliphatic carbocycles. The summed E-state index contributed by atoms with van der Waals surface area (Å²) in [5, 5.41) is 0. The number of thioether (sulfide) groups is 1. The van der Waals surface area contributed by atoms with E-state index in [0.717, 1.165) is 10.5 Å². The summed E-state index contributed by atoms with van der Waals surface area (Å²) in [5.41, 5.74) is 1.92. The maximum Gasteiger partial charge on any atom is 0.268 e. The van der Waals surface area contributed by atoms with E-state index in [4.69, 9.17) is 4.74 Å². The van der Waals surface area contributed by atoms with Gasteiger partial charge in [-0.1, -0.05) is 78.5 Å². The van der Waals surface area contributed by atoms with Crippen LogP contribution in [0.2, 0.25) is 0 Å². The summed E-state index contributed by atoms with van der Waals surface area (Å²) in [4.78, 5) is 29.3. The molecule has 0 bridgehead atoms. The number of carbonyl (C=O) groups is 2. The molecule has 5 heteroatoms. The minimum Gasteiger partial charge on any atom is -0.496 e. The highest BCUT2D eigenvalue weighted by Gasteiger charge is 2.40. The van der Waals surface area contributed by atoms with Gasteiger partial charge in [0, 0.05) is 10.5 Å². The fourth-order valence-corrected chi connectivity index (χ4v) is 4.28. The van der Waals surface area contributed by atoms with E-state index in [1.165, 1.54) is 16.7 Å². The lowest BCUT2D eigenvalue weighted by molar-refractivity contribution is -0.137.